The van der Waals surface area contributed by atoms with Gasteiger partial charge in [0, 0.05) is 5.54 Å². The third kappa shape index (κ3) is 1.67. The zero-order valence-corrected chi connectivity index (χ0v) is 8.79. The minimum atomic E-state index is 0.0323. The highest BCUT2D eigenvalue weighted by molar-refractivity contribution is 5.03. The number of hydrogen-bond acceptors (Lipinski definition) is 1. The Bertz CT molecular complexity index is 212. The Morgan fingerprint density at radius 2 is 1.85 bits per heavy atom. The third-order valence-electron chi connectivity index (χ3n) is 3.94. The van der Waals surface area contributed by atoms with E-state index in [2.05, 4.69) is 26.0 Å². The van der Waals surface area contributed by atoms with Crippen LogP contribution in [0.3, 0.4) is 0 Å². The van der Waals surface area contributed by atoms with Crippen LogP contribution in [0.15, 0.2) is 12.2 Å². The lowest BCUT2D eigenvalue weighted by molar-refractivity contribution is 0.216. The van der Waals surface area contributed by atoms with Crippen LogP contribution in [0.1, 0.15) is 39.5 Å². The highest BCUT2D eigenvalue weighted by atomic mass is 14.7. The van der Waals surface area contributed by atoms with Gasteiger partial charge in [-0.2, -0.15) is 0 Å². The van der Waals surface area contributed by atoms with Crippen molar-refractivity contribution in [1.29, 1.82) is 0 Å². The highest BCUT2D eigenvalue weighted by Gasteiger charge is 2.41. The first-order valence-corrected chi connectivity index (χ1v) is 5.53. The van der Waals surface area contributed by atoms with Gasteiger partial charge in [-0.3, -0.25) is 0 Å². The molecule has 3 unspecified atom stereocenters. The lowest BCUT2D eigenvalue weighted by Crippen LogP contribution is -2.43. The fraction of sp³-hybridized carbons (Fsp3) is 0.833. The highest BCUT2D eigenvalue weighted by Crippen LogP contribution is 2.47. The second-order valence-corrected chi connectivity index (χ2v) is 5.37. The van der Waals surface area contributed by atoms with Gasteiger partial charge in [0.1, 0.15) is 0 Å². The molecule has 2 aliphatic carbocycles. The standard InChI is InChI=1S/C12H21N/c1-12(2,13)11-8-7-9-5-3-4-6-10(9)11/h3-4,9-11H,5-8,13H2,1-2H3. The molecular formula is C12H21N. The molecule has 74 valence electrons. The van der Waals surface area contributed by atoms with Crippen molar-refractivity contribution in [2.75, 3.05) is 0 Å². The lowest BCUT2D eigenvalue weighted by atomic mass is 9.74. The normalized spacial score (nSPS) is 39.2. The van der Waals surface area contributed by atoms with Crippen LogP contribution in [0.4, 0.5) is 0 Å². The van der Waals surface area contributed by atoms with Crippen LogP contribution in [0.2, 0.25) is 0 Å². The van der Waals surface area contributed by atoms with Crippen LogP contribution in [0.25, 0.3) is 0 Å². The fourth-order valence-corrected chi connectivity index (χ4v) is 3.25. The molecule has 1 nitrogen and oxygen atoms in total. The van der Waals surface area contributed by atoms with Gasteiger partial charge in [0.05, 0.1) is 0 Å². The van der Waals surface area contributed by atoms with Gasteiger partial charge in [0.25, 0.3) is 0 Å². The maximum Gasteiger partial charge on any atom is 0.0128 e. The first kappa shape index (κ1) is 9.26. The molecule has 0 radical (unpaired) electrons. The molecule has 0 spiro atoms. The number of hydrogen-bond donors (Lipinski definition) is 1. The number of nitrogens with two attached hydrogens (primary N) is 1. The molecule has 0 bridgehead atoms. The van der Waals surface area contributed by atoms with Crippen molar-refractivity contribution in [1.82, 2.24) is 0 Å². The largest absolute Gasteiger partial charge is 0.325 e. The molecule has 2 rings (SSSR count). The van der Waals surface area contributed by atoms with E-state index in [1.165, 1.54) is 25.7 Å². The molecule has 1 fully saturated rings. The fourth-order valence-electron chi connectivity index (χ4n) is 3.25. The quantitative estimate of drug-likeness (QED) is 0.615. The summed E-state index contributed by atoms with van der Waals surface area (Å²) in [7, 11) is 0. The van der Waals surface area contributed by atoms with Crippen LogP contribution < -0.4 is 5.73 Å². The number of rotatable bonds is 1. The molecular weight excluding hydrogens is 158 g/mol. The van der Waals surface area contributed by atoms with Crippen molar-refractivity contribution in [3.05, 3.63) is 12.2 Å². The summed E-state index contributed by atoms with van der Waals surface area (Å²) in [5.74, 6) is 2.57. The Balaban J connectivity index is 2.12. The van der Waals surface area contributed by atoms with E-state index >= 15 is 0 Å². The van der Waals surface area contributed by atoms with E-state index in [4.69, 9.17) is 5.73 Å². The summed E-state index contributed by atoms with van der Waals surface area (Å²) in [5, 5.41) is 0. The van der Waals surface area contributed by atoms with Crippen molar-refractivity contribution >= 4 is 0 Å². The number of fused-ring (bicyclic) bond motifs is 1. The van der Waals surface area contributed by atoms with E-state index in [-0.39, 0.29) is 5.54 Å². The predicted octanol–water partition coefficient (Wildman–Crippen LogP) is 2.72. The maximum absolute atomic E-state index is 6.22. The number of allylic oxidation sites excluding steroid dienone is 2. The first-order valence-electron chi connectivity index (χ1n) is 5.53. The zero-order valence-electron chi connectivity index (χ0n) is 8.79. The van der Waals surface area contributed by atoms with Gasteiger partial charge in [-0.05, 0) is 57.3 Å². The average Bonchev–Trinajstić information content (AvgIpc) is 2.45. The predicted molar refractivity (Wildman–Crippen MR) is 56.3 cm³/mol. The van der Waals surface area contributed by atoms with Crippen LogP contribution >= 0.6 is 0 Å². The minimum Gasteiger partial charge on any atom is -0.325 e. The molecule has 0 heterocycles. The second-order valence-electron chi connectivity index (χ2n) is 5.37. The molecule has 3 atom stereocenters. The molecule has 0 aromatic heterocycles. The van der Waals surface area contributed by atoms with Crippen LogP contribution in [-0.2, 0) is 0 Å². The topological polar surface area (TPSA) is 26.0 Å². The first-order chi connectivity index (χ1) is 6.09. The Morgan fingerprint density at radius 3 is 2.54 bits per heavy atom. The SMILES string of the molecule is CC(C)(N)C1CCC2CC=CCC21. The van der Waals surface area contributed by atoms with Gasteiger partial charge in [-0.1, -0.05) is 12.2 Å². The molecule has 0 amide bonds. The van der Waals surface area contributed by atoms with Gasteiger partial charge >= 0.3 is 0 Å². The van der Waals surface area contributed by atoms with Crippen molar-refractivity contribution in [3.8, 4) is 0 Å². The van der Waals surface area contributed by atoms with E-state index < -0.39 is 0 Å². The van der Waals surface area contributed by atoms with Gasteiger partial charge in [-0.25, -0.2) is 0 Å². The third-order valence-corrected chi connectivity index (χ3v) is 3.94. The summed E-state index contributed by atoms with van der Waals surface area (Å²) >= 11 is 0. The Kier molecular flexibility index (Phi) is 2.23. The summed E-state index contributed by atoms with van der Waals surface area (Å²) in [6, 6.07) is 0. The van der Waals surface area contributed by atoms with Crippen molar-refractivity contribution in [2.24, 2.45) is 23.5 Å². The summed E-state index contributed by atoms with van der Waals surface area (Å²) in [5.41, 5.74) is 6.26. The zero-order chi connectivity index (χ0) is 9.47. The monoisotopic (exact) mass is 179 g/mol. The molecule has 0 aliphatic heterocycles. The Hall–Kier alpha value is -0.300. The molecule has 0 saturated heterocycles. The molecule has 1 saturated carbocycles. The van der Waals surface area contributed by atoms with Crippen molar-refractivity contribution in [3.63, 3.8) is 0 Å². The Labute approximate surface area is 81.4 Å². The van der Waals surface area contributed by atoms with Gasteiger partial charge in [0.2, 0.25) is 0 Å². The van der Waals surface area contributed by atoms with E-state index in [0.29, 0.717) is 0 Å². The smallest absolute Gasteiger partial charge is 0.0128 e. The van der Waals surface area contributed by atoms with E-state index in [0.717, 1.165) is 17.8 Å². The molecule has 13 heavy (non-hydrogen) atoms. The van der Waals surface area contributed by atoms with E-state index in [9.17, 15) is 0 Å². The van der Waals surface area contributed by atoms with Crippen LogP contribution in [-0.4, -0.2) is 5.54 Å². The maximum atomic E-state index is 6.22. The summed E-state index contributed by atoms with van der Waals surface area (Å²) in [4.78, 5) is 0. The Morgan fingerprint density at radius 1 is 1.15 bits per heavy atom. The van der Waals surface area contributed by atoms with Crippen LogP contribution in [0.5, 0.6) is 0 Å². The molecule has 1 heteroatoms. The van der Waals surface area contributed by atoms with E-state index in [1.807, 2.05) is 0 Å². The second kappa shape index (κ2) is 3.13. The molecule has 0 aromatic carbocycles. The lowest BCUT2D eigenvalue weighted by Gasteiger charge is -2.34. The average molecular weight is 179 g/mol. The van der Waals surface area contributed by atoms with Gasteiger partial charge in [0.15, 0.2) is 0 Å². The molecule has 2 aliphatic rings. The van der Waals surface area contributed by atoms with Crippen LogP contribution in [0, 0.1) is 17.8 Å². The van der Waals surface area contributed by atoms with Crippen molar-refractivity contribution < 1.29 is 0 Å². The summed E-state index contributed by atoms with van der Waals surface area (Å²) < 4.78 is 0. The summed E-state index contributed by atoms with van der Waals surface area (Å²) in [6.45, 7) is 4.39. The summed E-state index contributed by atoms with van der Waals surface area (Å²) in [6.07, 6.45) is 10.0. The molecule has 0 aromatic rings. The minimum absolute atomic E-state index is 0.0323. The van der Waals surface area contributed by atoms with E-state index in [1.54, 1.807) is 0 Å². The molecule has 2 N–H and O–H groups in total. The van der Waals surface area contributed by atoms with Gasteiger partial charge < -0.3 is 5.73 Å². The van der Waals surface area contributed by atoms with Crippen molar-refractivity contribution in [2.45, 2.75) is 45.1 Å². The van der Waals surface area contributed by atoms with Gasteiger partial charge in [-0.15, -0.1) is 0 Å².